The Kier molecular flexibility index (Phi) is 4.74. The molecular weight excluding hydrogens is 268 g/mol. The number of hydrogen-bond donors (Lipinski definition) is 2. The van der Waals surface area contributed by atoms with E-state index in [9.17, 15) is 0 Å². The zero-order chi connectivity index (χ0) is 15.4. The molecule has 4 N–H and O–H groups in total. The van der Waals surface area contributed by atoms with E-state index in [-0.39, 0.29) is 6.04 Å². The highest BCUT2D eigenvalue weighted by molar-refractivity contribution is 5.74. The summed E-state index contributed by atoms with van der Waals surface area (Å²) in [5.74, 6) is 0.958. The van der Waals surface area contributed by atoms with Crippen molar-refractivity contribution in [3.05, 3.63) is 18.2 Å². The molecule has 0 amide bonds. The molecule has 0 radical (unpaired) electrons. The fraction of sp³-hybridized carbons (Fsp3) is 0.500. The zero-order valence-corrected chi connectivity index (χ0v) is 12.7. The maximum atomic E-state index is 6.04. The minimum absolute atomic E-state index is 0.0481. The molecule has 2 aromatic rings. The minimum atomic E-state index is 0.0481. The number of aromatic nitrogens is 4. The fourth-order valence-electron chi connectivity index (χ4n) is 2.16. The number of benzene rings is 1. The van der Waals surface area contributed by atoms with Crippen LogP contribution in [0.2, 0.25) is 0 Å². The van der Waals surface area contributed by atoms with E-state index in [1.165, 1.54) is 0 Å². The highest BCUT2D eigenvalue weighted by Crippen LogP contribution is 2.29. The van der Waals surface area contributed by atoms with Gasteiger partial charge in [-0.05, 0) is 41.5 Å². The molecule has 21 heavy (non-hydrogen) atoms. The van der Waals surface area contributed by atoms with Crippen LogP contribution in [-0.4, -0.2) is 33.4 Å². The van der Waals surface area contributed by atoms with Gasteiger partial charge in [-0.3, -0.25) is 0 Å². The first-order valence-corrected chi connectivity index (χ1v) is 7.05. The van der Waals surface area contributed by atoms with Gasteiger partial charge < -0.3 is 16.2 Å². The van der Waals surface area contributed by atoms with Gasteiger partial charge in [-0.15, -0.1) is 5.10 Å². The Morgan fingerprint density at radius 2 is 2.05 bits per heavy atom. The molecule has 0 spiro atoms. The number of ether oxygens (including phenoxy) is 1. The summed E-state index contributed by atoms with van der Waals surface area (Å²) in [4.78, 5) is 0. The van der Waals surface area contributed by atoms with E-state index in [0.29, 0.717) is 36.3 Å². The molecule has 0 saturated heterocycles. The van der Waals surface area contributed by atoms with Crippen molar-refractivity contribution in [3.8, 4) is 11.4 Å². The molecule has 7 nitrogen and oxygen atoms in total. The van der Waals surface area contributed by atoms with Crippen LogP contribution in [0.3, 0.4) is 0 Å². The van der Waals surface area contributed by atoms with Gasteiger partial charge >= 0.3 is 0 Å². The fourth-order valence-corrected chi connectivity index (χ4v) is 2.16. The van der Waals surface area contributed by atoms with Crippen LogP contribution in [0.25, 0.3) is 11.4 Å². The van der Waals surface area contributed by atoms with Crippen molar-refractivity contribution >= 4 is 11.4 Å². The van der Waals surface area contributed by atoms with E-state index in [4.69, 9.17) is 16.2 Å². The van der Waals surface area contributed by atoms with Gasteiger partial charge in [0.2, 0.25) is 0 Å². The number of nitrogens with two attached hydrogens (primary N) is 2. The normalized spacial score (nSPS) is 12.8. The number of nitrogens with zero attached hydrogens (tertiary/aromatic N) is 4. The summed E-state index contributed by atoms with van der Waals surface area (Å²) in [5.41, 5.74) is 13.7. The molecule has 1 aromatic carbocycles. The van der Waals surface area contributed by atoms with Crippen LogP contribution in [0.4, 0.5) is 11.4 Å². The van der Waals surface area contributed by atoms with Gasteiger partial charge in [0.25, 0.3) is 0 Å². The van der Waals surface area contributed by atoms with Gasteiger partial charge in [-0.2, -0.15) is 0 Å². The zero-order valence-electron chi connectivity index (χ0n) is 12.7. The van der Waals surface area contributed by atoms with Gasteiger partial charge in [-0.1, -0.05) is 13.8 Å². The van der Waals surface area contributed by atoms with E-state index in [1.54, 1.807) is 16.8 Å². The average molecular weight is 290 g/mol. The second-order valence-corrected chi connectivity index (χ2v) is 5.26. The molecule has 1 unspecified atom stereocenters. The number of tetrazole rings is 1. The van der Waals surface area contributed by atoms with Crippen LogP contribution in [-0.2, 0) is 4.74 Å². The van der Waals surface area contributed by atoms with E-state index >= 15 is 0 Å². The van der Waals surface area contributed by atoms with Crippen molar-refractivity contribution in [1.82, 2.24) is 20.2 Å². The Morgan fingerprint density at radius 1 is 1.29 bits per heavy atom. The summed E-state index contributed by atoms with van der Waals surface area (Å²) < 4.78 is 7.33. The third kappa shape index (κ3) is 3.30. The predicted octanol–water partition coefficient (Wildman–Crippen LogP) is 1.74. The summed E-state index contributed by atoms with van der Waals surface area (Å²) in [6, 6.07) is 5.39. The third-order valence-electron chi connectivity index (χ3n) is 3.39. The molecule has 7 heteroatoms. The van der Waals surface area contributed by atoms with Gasteiger partial charge in [-0.25, -0.2) is 4.68 Å². The second kappa shape index (κ2) is 6.53. The lowest BCUT2D eigenvalue weighted by Gasteiger charge is -2.22. The van der Waals surface area contributed by atoms with Crippen LogP contribution in [0.1, 0.15) is 26.8 Å². The van der Waals surface area contributed by atoms with Crippen molar-refractivity contribution in [2.45, 2.75) is 26.8 Å². The smallest absolute Gasteiger partial charge is 0.184 e. The van der Waals surface area contributed by atoms with Crippen molar-refractivity contribution < 1.29 is 4.74 Å². The van der Waals surface area contributed by atoms with E-state index in [0.717, 1.165) is 5.56 Å². The molecule has 0 aliphatic heterocycles. The number of anilines is 2. The van der Waals surface area contributed by atoms with Crippen LogP contribution in [0.5, 0.6) is 0 Å². The number of nitrogen functional groups attached to an aromatic ring is 2. The minimum Gasteiger partial charge on any atom is -0.399 e. The highest BCUT2D eigenvalue weighted by Gasteiger charge is 2.22. The van der Waals surface area contributed by atoms with Gasteiger partial charge in [0.1, 0.15) is 0 Å². The first kappa shape index (κ1) is 15.2. The van der Waals surface area contributed by atoms with Crippen LogP contribution >= 0.6 is 0 Å². The van der Waals surface area contributed by atoms with Crippen molar-refractivity contribution in [2.24, 2.45) is 5.92 Å². The first-order chi connectivity index (χ1) is 10.0. The Morgan fingerprint density at radius 3 is 2.67 bits per heavy atom. The van der Waals surface area contributed by atoms with Crippen LogP contribution in [0.15, 0.2) is 18.2 Å². The lowest BCUT2D eigenvalue weighted by atomic mass is 10.0. The Hall–Kier alpha value is -2.15. The van der Waals surface area contributed by atoms with Gasteiger partial charge in [0.05, 0.1) is 12.6 Å². The SMILES string of the molecule is CCOCC(C(C)C)n1nnnc1-c1ccc(N)cc1N. The molecular formula is C14H22N6O. The molecule has 0 aliphatic carbocycles. The Labute approximate surface area is 124 Å². The van der Waals surface area contributed by atoms with E-state index in [1.807, 2.05) is 13.0 Å². The topological polar surface area (TPSA) is 105 Å². The summed E-state index contributed by atoms with van der Waals surface area (Å²) in [5, 5.41) is 12.0. The highest BCUT2D eigenvalue weighted by atomic mass is 16.5. The first-order valence-electron chi connectivity index (χ1n) is 7.05. The maximum absolute atomic E-state index is 6.04. The summed E-state index contributed by atoms with van der Waals surface area (Å²) in [6.45, 7) is 7.41. The summed E-state index contributed by atoms with van der Waals surface area (Å²) in [6.07, 6.45) is 0. The molecule has 0 saturated carbocycles. The average Bonchev–Trinajstić information content (AvgIpc) is 2.88. The largest absolute Gasteiger partial charge is 0.399 e. The standard InChI is InChI=1S/C14H22N6O/c1-4-21-8-13(9(2)3)20-14(17-18-19-20)11-6-5-10(15)7-12(11)16/h5-7,9,13H,4,8,15-16H2,1-3H3. The van der Waals surface area contributed by atoms with Crippen molar-refractivity contribution in [2.75, 3.05) is 24.7 Å². The van der Waals surface area contributed by atoms with E-state index in [2.05, 4.69) is 29.4 Å². The molecule has 0 aliphatic rings. The molecule has 1 heterocycles. The summed E-state index contributed by atoms with van der Waals surface area (Å²) in [7, 11) is 0. The van der Waals surface area contributed by atoms with Crippen molar-refractivity contribution in [3.63, 3.8) is 0 Å². The molecule has 0 bridgehead atoms. The molecule has 1 aromatic heterocycles. The van der Waals surface area contributed by atoms with Crippen molar-refractivity contribution in [1.29, 1.82) is 0 Å². The number of rotatable bonds is 6. The summed E-state index contributed by atoms with van der Waals surface area (Å²) >= 11 is 0. The Balaban J connectivity index is 2.40. The van der Waals surface area contributed by atoms with Gasteiger partial charge in [0, 0.05) is 23.5 Å². The Bertz CT molecular complexity index is 595. The monoisotopic (exact) mass is 290 g/mol. The van der Waals surface area contributed by atoms with Crippen LogP contribution < -0.4 is 11.5 Å². The van der Waals surface area contributed by atoms with Gasteiger partial charge in [0.15, 0.2) is 5.82 Å². The molecule has 1 atom stereocenters. The molecule has 2 rings (SSSR count). The lowest BCUT2D eigenvalue weighted by molar-refractivity contribution is 0.0913. The maximum Gasteiger partial charge on any atom is 0.184 e. The predicted molar refractivity (Wildman–Crippen MR) is 82.4 cm³/mol. The quantitative estimate of drug-likeness (QED) is 0.785. The lowest BCUT2D eigenvalue weighted by Crippen LogP contribution is -2.23. The molecule has 114 valence electrons. The third-order valence-corrected chi connectivity index (χ3v) is 3.39. The van der Waals surface area contributed by atoms with Crippen LogP contribution in [0, 0.1) is 5.92 Å². The molecule has 0 fully saturated rings. The second-order valence-electron chi connectivity index (χ2n) is 5.26. The number of hydrogen-bond acceptors (Lipinski definition) is 6. The van der Waals surface area contributed by atoms with E-state index < -0.39 is 0 Å².